The van der Waals surface area contributed by atoms with Crippen LogP contribution in [0.5, 0.6) is 0 Å². The number of hydrogen-bond acceptors (Lipinski definition) is 4. The van der Waals surface area contributed by atoms with Gasteiger partial charge in [-0.25, -0.2) is 18.1 Å². The Morgan fingerprint density at radius 1 is 1.21 bits per heavy atom. The molecule has 3 aromatic rings. The third kappa shape index (κ3) is 4.13. The second-order valence-corrected chi connectivity index (χ2v) is 7.97. The van der Waals surface area contributed by atoms with Gasteiger partial charge in [-0.05, 0) is 36.8 Å². The van der Waals surface area contributed by atoms with Crippen LogP contribution in [0.3, 0.4) is 0 Å². The molecule has 7 nitrogen and oxygen atoms in total. The van der Waals surface area contributed by atoms with E-state index < -0.39 is 15.9 Å². The van der Waals surface area contributed by atoms with Crippen molar-refractivity contribution in [3.05, 3.63) is 66.7 Å². The molecule has 0 radical (unpaired) electrons. The number of nitrogens with one attached hydrogen (secondary N) is 2. The number of carbonyl (C=O) groups excluding carboxylic acids is 1. The summed E-state index contributed by atoms with van der Waals surface area (Å²) in [7, 11) is -3.71. The van der Waals surface area contributed by atoms with Gasteiger partial charge >= 0.3 is 0 Å². The fraction of sp³-hybridized carbons (Fsp3) is 0.200. The van der Waals surface area contributed by atoms with Crippen molar-refractivity contribution in [1.29, 1.82) is 0 Å². The Kier molecular flexibility index (Phi) is 5.91. The Morgan fingerprint density at radius 2 is 2.00 bits per heavy atom. The highest BCUT2D eigenvalue weighted by atomic mass is 32.2. The maximum absolute atomic E-state index is 12.7. The first kappa shape index (κ1) is 19.8. The first-order valence-corrected chi connectivity index (χ1v) is 10.4. The van der Waals surface area contributed by atoms with Crippen molar-refractivity contribution < 1.29 is 13.2 Å². The number of nitrogens with zero attached hydrogens (tertiary/aromatic N) is 2. The number of carbonyl (C=O) groups is 1. The van der Waals surface area contributed by atoms with Crippen molar-refractivity contribution in [3.8, 4) is 0 Å². The fourth-order valence-electron chi connectivity index (χ4n) is 2.85. The van der Waals surface area contributed by atoms with E-state index in [0.29, 0.717) is 12.5 Å². The third-order valence-corrected chi connectivity index (χ3v) is 5.57. The summed E-state index contributed by atoms with van der Waals surface area (Å²) in [6, 6.07) is 13.5. The van der Waals surface area contributed by atoms with Gasteiger partial charge in [-0.3, -0.25) is 10.1 Å². The summed E-state index contributed by atoms with van der Waals surface area (Å²) >= 11 is 0. The van der Waals surface area contributed by atoms with Crippen LogP contribution >= 0.6 is 0 Å². The topological polar surface area (TPSA) is 93.1 Å². The van der Waals surface area contributed by atoms with Gasteiger partial charge < -0.3 is 4.57 Å². The van der Waals surface area contributed by atoms with Gasteiger partial charge in [0.05, 0.1) is 15.9 Å². The van der Waals surface area contributed by atoms with Crippen LogP contribution in [0.1, 0.15) is 23.7 Å². The predicted molar refractivity (Wildman–Crippen MR) is 110 cm³/mol. The molecule has 146 valence electrons. The summed E-state index contributed by atoms with van der Waals surface area (Å²) in [6.45, 7) is 6.35. The van der Waals surface area contributed by atoms with E-state index in [4.69, 9.17) is 0 Å². The number of imidazole rings is 1. The second kappa shape index (κ2) is 8.37. The molecule has 0 spiro atoms. The number of aromatic nitrogens is 2. The van der Waals surface area contributed by atoms with Crippen LogP contribution in [-0.2, 0) is 16.6 Å². The van der Waals surface area contributed by atoms with Crippen molar-refractivity contribution in [2.75, 3.05) is 11.9 Å². The van der Waals surface area contributed by atoms with Crippen molar-refractivity contribution in [3.63, 3.8) is 0 Å². The quantitative estimate of drug-likeness (QED) is 0.570. The summed E-state index contributed by atoms with van der Waals surface area (Å²) in [5.74, 6) is 0.0134. The molecule has 0 atom stereocenters. The Hall–Kier alpha value is -2.97. The largest absolute Gasteiger partial charge is 0.310 e. The molecule has 0 fully saturated rings. The maximum atomic E-state index is 12.7. The minimum absolute atomic E-state index is 0.0176. The van der Waals surface area contributed by atoms with Gasteiger partial charge in [0.15, 0.2) is 0 Å². The number of anilines is 1. The molecular formula is C20H22N4O3S. The summed E-state index contributed by atoms with van der Waals surface area (Å²) < 4.78 is 28.9. The molecular weight excluding hydrogens is 376 g/mol. The van der Waals surface area contributed by atoms with Gasteiger partial charge in [0.2, 0.25) is 16.0 Å². The lowest BCUT2D eigenvalue weighted by molar-refractivity contribution is 0.102. The maximum Gasteiger partial charge on any atom is 0.258 e. The molecule has 0 unspecified atom stereocenters. The number of hydrogen-bond donors (Lipinski definition) is 2. The molecule has 28 heavy (non-hydrogen) atoms. The van der Waals surface area contributed by atoms with Crippen molar-refractivity contribution in [2.24, 2.45) is 0 Å². The minimum Gasteiger partial charge on any atom is -0.310 e. The standard InChI is InChI=1S/C20H22N4O3S/c1-3-12-21-28(26,27)16-9-7-8-15(14-16)19(25)23-20-22-17-10-5-6-11-18(17)24(20)13-4-2/h3,5-11,14,21H,1,4,12-13H2,2H3,(H,22,23,25). The first-order chi connectivity index (χ1) is 13.5. The molecule has 3 rings (SSSR count). The average molecular weight is 398 g/mol. The fourth-order valence-corrected chi connectivity index (χ4v) is 3.89. The molecule has 2 aromatic carbocycles. The average Bonchev–Trinajstić information content (AvgIpc) is 3.04. The number of benzene rings is 2. The van der Waals surface area contributed by atoms with Crippen LogP contribution in [0.15, 0.2) is 66.1 Å². The van der Waals surface area contributed by atoms with Gasteiger partial charge in [-0.2, -0.15) is 0 Å². The van der Waals surface area contributed by atoms with E-state index in [0.717, 1.165) is 17.5 Å². The molecule has 0 bridgehead atoms. The Morgan fingerprint density at radius 3 is 2.75 bits per heavy atom. The lowest BCUT2D eigenvalue weighted by Crippen LogP contribution is -2.24. The van der Waals surface area contributed by atoms with Crippen LogP contribution in [0.2, 0.25) is 0 Å². The molecule has 2 N–H and O–H groups in total. The highest BCUT2D eigenvalue weighted by molar-refractivity contribution is 7.89. The van der Waals surface area contributed by atoms with Gasteiger partial charge in [0.1, 0.15) is 0 Å². The summed E-state index contributed by atoms with van der Waals surface area (Å²) in [6.07, 6.45) is 2.33. The van der Waals surface area contributed by atoms with Crippen molar-refractivity contribution in [1.82, 2.24) is 14.3 Å². The normalized spacial score (nSPS) is 11.5. The SMILES string of the molecule is C=CCNS(=O)(=O)c1cccc(C(=O)Nc2nc3ccccc3n2CCC)c1. The Bertz CT molecular complexity index is 1120. The molecule has 8 heteroatoms. The number of amides is 1. The third-order valence-electron chi connectivity index (χ3n) is 4.15. The highest BCUT2D eigenvalue weighted by Crippen LogP contribution is 2.21. The summed E-state index contributed by atoms with van der Waals surface area (Å²) in [5, 5.41) is 2.80. The summed E-state index contributed by atoms with van der Waals surface area (Å²) in [4.78, 5) is 17.3. The summed E-state index contributed by atoms with van der Waals surface area (Å²) in [5.41, 5.74) is 1.96. The van der Waals surface area contributed by atoms with Crippen molar-refractivity contribution >= 4 is 32.9 Å². The predicted octanol–water partition coefficient (Wildman–Crippen LogP) is 3.16. The molecule has 0 saturated carbocycles. The monoisotopic (exact) mass is 398 g/mol. The second-order valence-electron chi connectivity index (χ2n) is 6.20. The Balaban J connectivity index is 1.90. The van der Waals surface area contributed by atoms with E-state index in [2.05, 4.69) is 21.6 Å². The van der Waals surface area contributed by atoms with Crippen LogP contribution in [0.4, 0.5) is 5.95 Å². The van der Waals surface area contributed by atoms with E-state index in [1.807, 2.05) is 35.8 Å². The number of rotatable bonds is 8. The highest BCUT2D eigenvalue weighted by Gasteiger charge is 2.17. The molecule has 1 aromatic heterocycles. The van der Waals surface area contributed by atoms with E-state index in [1.165, 1.54) is 24.3 Å². The van der Waals surface area contributed by atoms with E-state index in [-0.39, 0.29) is 17.0 Å². The number of sulfonamides is 1. The number of fused-ring (bicyclic) bond motifs is 1. The molecule has 0 aliphatic rings. The minimum atomic E-state index is -3.71. The van der Waals surface area contributed by atoms with Gasteiger partial charge in [-0.15, -0.1) is 6.58 Å². The van der Waals surface area contributed by atoms with Crippen LogP contribution in [0, 0.1) is 0 Å². The lowest BCUT2D eigenvalue weighted by Gasteiger charge is -2.10. The smallest absolute Gasteiger partial charge is 0.258 e. The molecule has 0 aliphatic heterocycles. The molecule has 0 saturated heterocycles. The van der Waals surface area contributed by atoms with E-state index in [9.17, 15) is 13.2 Å². The van der Waals surface area contributed by atoms with Crippen molar-refractivity contribution in [2.45, 2.75) is 24.8 Å². The zero-order valence-corrected chi connectivity index (χ0v) is 16.4. The van der Waals surface area contributed by atoms with Crippen LogP contribution in [0.25, 0.3) is 11.0 Å². The number of para-hydroxylation sites is 2. The van der Waals surface area contributed by atoms with Gasteiger partial charge in [0, 0.05) is 18.7 Å². The number of aryl methyl sites for hydroxylation is 1. The van der Waals surface area contributed by atoms with Crippen LogP contribution in [-0.4, -0.2) is 30.4 Å². The van der Waals surface area contributed by atoms with E-state index in [1.54, 1.807) is 6.07 Å². The molecule has 0 aliphatic carbocycles. The zero-order chi connectivity index (χ0) is 20.1. The molecule has 1 amide bonds. The first-order valence-electron chi connectivity index (χ1n) is 8.93. The van der Waals surface area contributed by atoms with E-state index >= 15 is 0 Å². The zero-order valence-electron chi connectivity index (χ0n) is 15.6. The lowest BCUT2D eigenvalue weighted by atomic mass is 10.2. The van der Waals surface area contributed by atoms with Gasteiger partial charge in [-0.1, -0.05) is 31.2 Å². The van der Waals surface area contributed by atoms with Crippen LogP contribution < -0.4 is 10.0 Å². The Labute approximate surface area is 164 Å². The van der Waals surface area contributed by atoms with Gasteiger partial charge in [0.25, 0.3) is 5.91 Å². The molecule has 1 heterocycles.